The van der Waals surface area contributed by atoms with Gasteiger partial charge in [-0.15, -0.1) is 0 Å². The molecule has 7 heteroatoms. The van der Waals surface area contributed by atoms with E-state index in [-0.39, 0.29) is 24.6 Å². The van der Waals surface area contributed by atoms with Crippen molar-refractivity contribution in [2.24, 2.45) is 0 Å². The standard InChI is InChI=1S/C23H24O7/c1-13(2)29-22(25)23(9-10-23)30-19-16(7-8-18(26-3)20(19)27-4)14-5-6-17-15(11-14)12-28-21(17)24/h5-8,11,13H,9-10,12H2,1-4H3. The summed E-state index contributed by atoms with van der Waals surface area (Å²) in [7, 11) is 3.06. The van der Waals surface area contributed by atoms with Crippen molar-refractivity contribution in [3.63, 3.8) is 0 Å². The molecule has 0 bridgehead atoms. The number of hydrogen-bond acceptors (Lipinski definition) is 7. The van der Waals surface area contributed by atoms with Gasteiger partial charge >= 0.3 is 11.9 Å². The van der Waals surface area contributed by atoms with Crippen LogP contribution in [0, 0.1) is 0 Å². The summed E-state index contributed by atoms with van der Waals surface area (Å²) in [6, 6.07) is 9.08. The molecule has 158 valence electrons. The molecule has 0 atom stereocenters. The second-order valence-corrected chi connectivity index (χ2v) is 7.68. The quantitative estimate of drug-likeness (QED) is 0.638. The van der Waals surface area contributed by atoms with Crippen LogP contribution >= 0.6 is 0 Å². The molecule has 1 aliphatic heterocycles. The minimum atomic E-state index is -1.03. The fraction of sp³-hybridized carbons (Fsp3) is 0.391. The number of ether oxygens (including phenoxy) is 5. The summed E-state index contributed by atoms with van der Waals surface area (Å²) < 4.78 is 27.8. The summed E-state index contributed by atoms with van der Waals surface area (Å²) in [5.74, 6) is 0.575. The largest absolute Gasteiger partial charge is 0.493 e. The molecule has 0 radical (unpaired) electrons. The van der Waals surface area contributed by atoms with E-state index in [2.05, 4.69) is 0 Å². The normalized spacial score (nSPS) is 16.0. The maximum Gasteiger partial charge on any atom is 0.350 e. The van der Waals surface area contributed by atoms with Crippen molar-refractivity contribution >= 4 is 11.9 Å². The number of carbonyl (C=O) groups is 2. The molecule has 0 spiro atoms. The second-order valence-electron chi connectivity index (χ2n) is 7.68. The van der Waals surface area contributed by atoms with Gasteiger partial charge in [0.2, 0.25) is 11.4 Å². The summed E-state index contributed by atoms with van der Waals surface area (Å²) in [4.78, 5) is 24.4. The fourth-order valence-corrected chi connectivity index (χ4v) is 3.51. The molecule has 2 aromatic carbocycles. The van der Waals surface area contributed by atoms with E-state index in [1.807, 2.05) is 18.2 Å². The highest BCUT2D eigenvalue weighted by Crippen LogP contribution is 2.51. The first-order valence-electron chi connectivity index (χ1n) is 9.84. The van der Waals surface area contributed by atoms with Crippen molar-refractivity contribution < 1.29 is 33.3 Å². The topological polar surface area (TPSA) is 80.3 Å². The van der Waals surface area contributed by atoms with E-state index in [4.69, 9.17) is 23.7 Å². The third-order valence-electron chi connectivity index (χ3n) is 5.21. The lowest BCUT2D eigenvalue weighted by Gasteiger charge is -2.23. The molecule has 7 nitrogen and oxygen atoms in total. The van der Waals surface area contributed by atoms with Crippen LogP contribution in [0.1, 0.15) is 42.6 Å². The van der Waals surface area contributed by atoms with Crippen LogP contribution < -0.4 is 14.2 Å². The molecule has 4 rings (SSSR count). The van der Waals surface area contributed by atoms with Crippen LogP contribution in [0.5, 0.6) is 17.2 Å². The Bertz CT molecular complexity index is 1000. The summed E-state index contributed by atoms with van der Waals surface area (Å²) in [5.41, 5.74) is 1.86. The Balaban J connectivity index is 1.79. The van der Waals surface area contributed by atoms with Gasteiger partial charge in [-0.05, 0) is 43.7 Å². The molecule has 1 heterocycles. The third-order valence-corrected chi connectivity index (χ3v) is 5.21. The van der Waals surface area contributed by atoms with E-state index in [1.54, 1.807) is 33.1 Å². The molecule has 0 N–H and O–H groups in total. The maximum atomic E-state index is 12.7. The predicted molar refractivity (Wildman–Crippen MR) is 108 cm³/mol. The Hall–Kier alpha value is -3.22. The van der Waals surface area contributed by atoms with Crippen molar-refractivity contribution in [2.75, 3.05) is 14.2 Å². The fourth-order valence-electron chi connectivity index (χ4n) is 3.51. The molecular formula is C23H24O7. The number of fused-ring (bicyclic) bond motifs is 1. The molecule has 2 aromatic rings. The average Bonchev–Trinajstić information content (AvgIpc) is 3.43. The van der Waals surface area contributed by atoms with Crippen molar-refractivity contribution in [1.82, 2.24) is 0 Å². The Morgan fingerprint density at radius 1 is 1.03 bits per heavy atom. The van der Waals surface area contributed by atoms with Gasteiger partial charge in [0.15, 0.2) is 11.5 Å². The molecule has 1 fully saturated rings. The molecule has 0 aromatic heterocycles. The number of methoxy groups -OCH3 is 2. The Labute approximate surface area is 174 Å². The summed E-state index contributed by atoms with van der Waals surface area (Å²) in [6.45, 7) is 3.84. The number of hydrogen-bond donors (Lipinski definition) is 0. The number of benzene rings is 2. The highest BCUT2D eigenvalue weighted by molar-refractivity contribution is 5.94. The first kappa shape index (κ1) is 20.1. The SMILES string of the molecule is COc1ccc(-c2ccc3c(c2)COC3=O)c(OC2(C(=O)OC(C)C)CC2)c1OC. The number of rotatable bonds is 7. The summed E-state index contributed by atoms with van der Waals surface area (Å²) in [5, 5.41) is 0. The highest BCUT2D eigenvalue weighted by atomic mass is 16.6. The lowest BCUT2D eigenvalue weighted by Crippen LogP contribution is -2.33. The first-order chi connectivity index (χ1) is 14.4. The minimum Gasteiger partial charge on any atom is -0.493 e. The number of cyclic esters (lactones) is 1. The zero-order valence-corrected chi connectivity index (χ0v) is 17.4. The average molecular weight is 412 g/mol. The van der Waals surface area contributed by atoms with E-state index in [0.717, 1.165) is 16.7 Å². The van der Waals surface area contributed by atoms with Crippen LogP contribution in [0.15, 0.2) is 30.3 Å². The van der Waals surface area contributed by atoms with Gasteiger partial charge in [-0.1, -0.05) is 6.07 Å². The van der Waals surface area contributed by atoms with E-state index in [0.29, 0.717) is 35.7 Å². The zero-order valence-electron chi connectivity index (χ0n) is 17.4. The second kappa shape index (κ2) is 7.55. The van der Waals surface area contributed by atoms with Crippen LogP contribution in [0.25, 0.3) is 11.1 Å². The monoisotopic (exact) mass is 412 g/mol. The highest BCUT2D eigenvalue weighted by Gasteiger charge is 2.55. The maximum absolute atomic E-state index is 12.7. The van der Waals surface area contributed by atoms with Crippen molar-refractivity contribution in [3.8, 4) is 28.4 Å². The third kappa shape index (κ3) is 3.44. The van der Waals surface area contributed by atoms with Crippen molar-refractivity contribution in [2.45, 2.75) is 45.0 Å². The van der Waals surface area contributed by atoms with Gasteiger partial charge in [-0.3, -0.25) is 0 Å². The Morgan fingerprint density at radius 3 is 2.40 bits per heavy atom. The van der Waals surface area contributed by atoms with Gasteiger partial charge in [0, 0.05) is 24.0 Å². The van der Waals surface area contributed by atoms with Crippen LogP contribution in [-0.4, -0.2) is 37.9 Å². The minimum absolute atomic E-state index is 0.232. The Kier molecular flexibility index (Phi) is 5.05. The van der Waals surface area contributed by atoms with E-state index in [9.17, 15) is 9.59 Å². The molecule has 0 amide bonds. The molecule has 2 aliphatic rings. The van der Waals surface area contributed by atoms with Gasteiger partial charge in [0.05, 0.1) is 25.9 Å². The molecule has 1 saturated carbocycles. The van der Waals surface area contributed by atoms with Crippen LogP contribution in [0.2, 0.25) is 0 Å². The van der Waals surface area contributed by atoms with Crippen LogP contribution in [-0.2, 0) is 20.9 Å². The van der Waals surface area contributed by atoms with Gasteiger partial charge < -0.3 is 23.7 Å². The molecule has 1 aliphatic carbocycles. The van der Waals surface area contributed by atoms with Gasteiger partial charge in [-0.25, -0.2) is 9.59 Å². The number of carbonyl (C=O) groups excluding carboxylic acids is 2. The summed E-state index contributed by atoms with van der Waals surface area (Å²) in [6.07, 6.45) is 0.884. The van der Waals surface area contributed by atoms with E-state index in [1.165, 1.54) is 7.11 Å². The summed E-state index contributed by atoms with van der Waals surface area (Å²) >= 11 is 0. The lowest BCUT2D eigenvalue weighted by molar-refractivity contribution is -0.158. The smallest absolute Gasteiger partial charge is 0.350 e. The number of esters is 2. The molecule has 30 heavy (non-hydrogen) atoms. The lowest BCUT2D eigenvalue weighted by atomic mass is 9.99. The van der Waals surface area contributed by atoms with Crippen molar-refractivity contribution in [1.29, 1.82) is 0 Å². The van der Waals surface area contributed by atoms with Crippen LogP contribution in [0.3, 0.4) is 0 Å². The van der Waals surface area contributed by atoms with Gasteiger partial charge in [0.25, 0.3) is 0 Å². The van der Waals surface area contributed by atoms with Crippen molar-refractivity contribution in [3.05, 3.63) is 41.5 Å². The van der Waals surface area contributed by atoms with E-state index >= 15 is 0 Å². The van der Waals surface area contributed by atoms with E-state index < -0.39 is 5.60 Å². The molecule has 0 saturated heterocycles. The van der Waals surface area contributed by atoms with Gasteiger partial charge in [-0.2, -0.15) is 0 Å². The zero-order chi connectivity index (χ0) is 21.5. The Morgan fingerprint density at radius 2 is 1.77 bits per heavy atom. The van der Waals surface area contributed by atoms with Crippen LogP contribution in [0.4, 0.5) is 0 Å². The predicted octanol–water partition coefficient (Wildman–Crippen LogP) is 3.90. The van der Waals surface area contributed by atoms with Gasteiger partial charge in [0.1, 0.15) is 6.61 Å². The first-order valence-corrected chi connectivity index (χ1v) is 9.84. The molecular weight excluding hydrogens is 388 g/mol. The molecule has 0 unspecified atom stereocenters.